The standard InChI is InChI=1S/C28H29Cl2N7/c29-22-4-1-6-24(15-22)34-28-20-32-19-27(35-28)21-14-25(18-31-17-21)33-8-3-9-36-10-12-37(13-11-36)26-7-2-5-23(30)16-26/h1-2,4-7,14-20,33H,3,8-13H2,(H,34,35). The molecule has 0 saturated carbocycles. The van der Waals surface area contributed by atoms with Crippen molar-refractivity contribution in [1.29, 1.82) is 0 Å². The smallest absolute Gasteiger partial charge is 0.149 e. The van der Waals surface area contributed by atoms with Gasteiger partial charge in [0, 0.05) is 72.1 Å². The van der Waals surface area contributed by atoms with Gasteiger partial charge in [-0.3, -0.25) is 14.9 Å². The van der Waals surface area contributed by atoms with Gasteiger partial charge >= 0.3 is 0 Å². The number of anilines is 4. The molecule has 0 radical (unpaired) electrons. The minimum absolute atomic E-state index is 0.647. The van der Waals surface area contributed by atoms with Crippen LogP contribution >= 0.6 is 23.2 Å². The molecule has 0 unspecified atom stereocenters. The summed E-state index contributed by atoms with van der Waals surface area (Å²) in [6.07, 6.45) is 8.13. The molecule has 2 N–H and O–H groups in total. The van der Waals surface area contributed by atoms with Crippen molar-refractivity contribution < 1.29 is 0 Å². The summed E-state index contributed by atoms with van der Waals surface area (Å²) < 4.78 is 0. The number of hydrogen-bond acceptors (Lipinski definition) is 7. The lowest BCUT2D eigenvalue weighted by Crippen LogP contribution is -2.46. The molecule has 0 bridgehead atoms. The van der Waals surface area contributed by atoms with E-state index in [0.717, 1.165) is 73.3 Å². The summed E-state index contributed by atoms with van der Waals surface area (Å²) in [6.45, 7) is 6.09. The maximum atomic E-state index is 6.15. The van der Waals surface area contributed by atoms with E-state index >= 15 is 0 Å². The zero-order chi connectivity index (χ0) is 25.5. The van der Waals surface area contributed by atoms with Crippen molar-refractivity contribution in [2.24, 2.45) is 0 Å². The first-order valence-electron chi connectivity index (χ1n) is 12.4. The Bertz CT molecular complexity index is 1330. The van der Waals surface area contributed by atoms with E-state index in [2.05, 4.69) is 42.5 Å². The Morgan fingerprint density at radius 3 is 2.38 bits per heavy atom. The Morgan fingerprint density at radius 2 is 1.57 bits per heavy atom. The Kier molecular flexibility index (Phi) is 8.35. The SMILES string of the molecule is Clc1cccc(Nc2cncc(-c3cncc(NCCCN4CCN(c5cccc(Cl)c5)CC4)c3)n2)c1. The van der Waals surface area contributed by atoms with Crippen LogP contribution in [0, 0.1) is 0 Å². The highest BCUT2D eigenvalue weighted by Gasteiger charge is 2.17. The van der Waals surface area contributed by atoms with E-state index < -0.39 is 0 Å². The number of rotatable bonds is 9. The van der Waals surface area contributed by atoms with Gasteiger partial charge in [-0.1, -0.05) is 35.3 Å². The Balaban J connectivity index is 1.10. The van der Waals surface area contributed by atoms with E-state index in [1.165, 1.54) is 5.69 Å². The summed E-state index contributed by atoms with van der Waals surface area (Å²) in [4.78, 5) is 18.4. The molecular weight excluding hydrogens is 505 g/mol. The van der Waals surface area contributed by atoms with E-state index in [9.17, 15) is 0 Å². The molecule has 190 valence electrons. The van der Waals surface area contributed by atoms with Crippen LogP contribution in [0.2, 0.25) is 10.0 Å². The van der Waals surface area contributed by atoms with E-state index in [1.54, 1.807) is 18.6 Å². The van der Waals surface area contributed by atoms with Gasteiger partial charge in [-0.05, 0) is 55.4 Å². The lowest BCUT2D eigenvalue weighted by atomic mass is 10.2. The van der Waals surface area contributed by atoms with Crippen LogP contribution in [0.3, 0.4) is 0 Å². The van der Waals surface area contributed by atoms with Crippen LogP contribution in [0.15, 0.2) is 79.4 Å². The van der Waals surface area contributed by atoms with Gasteiger partial charge in [0.2, 0.25) is 0 Å². The molecule has 1 aliphatic rings. The zero-order valence-electron chi connectivity index (χ0n) is 20.4. The summed E-state index contributed by atoms with van der Waals surface area (Å²) in [5.41, 5.74) is 4.69. The molecule has 1 aliphatic heterocycles. The summed E-state index contributed by atoms with van der Waals surface area (Å²) in [5, 5.41) is 8.21. The average Bonchev–Trinajstić information content (AvgIpc) is 2.92. The third kappa shape index (κ3) is 7.10. The number of piperazine rings is 1. The number of nitrogens with one attached hydrogen (secondary N) is 2. The maximum Gasteiger partial charge on any atom is 0.149 e. The van der Waals surface area contributed by atoms with Gasteiger partial charge < -0.3 is 15.5 Å². The molecule has 0 spiro atoms. The van der Waals surface area contributed by atoms with Crippen LogP contribution in [0.4, 0.5) is 22.9 Å². The van der Waals surface area contributed by atoms with Crippen LogP contribution in [-0.4, -0.2) is 59.1 Å². The normalized spacial score (nSPS) is 13.9. The van der Waals surface area contributed by atoms with E-state index in [0.29, 0.717) is 10.8 Å². The van der Waals surface area contributed by atoms with Crippen molar-refractivity contribution >= 4 is 46.1 Å². The molecule has 9 heteroatoms. The first kappa shape index (κ1) is 25.3. The lowest BCUT2D eigenvalue weighted by molar-refractivity contribution is 0.257. The van der Waals surface area contributed by atoms with Gasteiger partial charge in [0.05, 0.1) is 23.8 Å². The number of hydrogen-bond donors (Lipinski definition) is 2. The van der Waals surface area contributed by atoms with Gasteiger partial charge in [-0.15, -0.1) is 0 Å². The Hall–Kier alpha value is -3.39. The predicted molar refractivity (Wildman–Crippen MR) is 153 cm³/mol. The summed E-state index contributed by atoms with van der Waals surface area (Å²) >= 11 is 12.2. The number of benzene rings is 2. The highest BCUT2D eigenvalue weighted by atomic mass is 35.5. The summed E-state index contributed by atoms with van der Waals surface area (Å²) in [7, 11) is 0. The lowest BCUT2D eigenvalue weighted by Gasteiger charge is -2.36. The third-order valence-electron chi connectivity index (χ3n) is 6.29. The van der Waals surface area contributed by atoms with Crippen molar-refractivity contribution in [2.45, 2.75) is 6.42 Å². The second-order valence-corrected chi connectivity index (χ2v) is 9.85. The average molecular weight is 534 g/mol. The van der Waals surface area contributed by atoms with Crippen molar-refractivity contribution in [3.8, 4) is 11.3 Å². The second-order valence-electron chi connectivity index (χ2n) is 8.98. The largest absolute Gasteiger partial charge is 0.384 e. The van der Waals surface area contributed by atoms with Gasteiger partial charge in [0.25, 0.3) is 0 Å². The molecule has 2 aromatic carbocycles. The molecule has 7 nitrogen and oxygen atoms in total. The highest BCUT2D eigenvalue weighted by Crippen LogP contribution is 2.23. The van der Waals surface area contributed by atoms with E-state index in [1.807, 2.05) is 48.7 Å². The molecule has 2 aromatic heterocycles. The number of nitrogens with zero attached hydrogens (tertiary/aromatic N) is 5. The molecule has 0 amide bonds. The summed E-state index contributed by atoms with van der Waals surface area (Å²) in [6, 6.07) is 17.7. The Labute approximate surface area is 227 Å². The van der Waals surface area contributed by atoms with Crippen LogP contribution in [0.1, 0.15) is 6.42 Å². The van der Waals surface area contributed by atoms with E-state index in [4.69, 9.17) is 28.2 Å². The number of halogens is 2. The first-order chi connectivity index (χ1) is 18.1. The zero-order valence-corrected chi connectivity index (χ0v) is 22.0. The van der Waals surface area contributed by atoms with Crippen LogP contribution in [0.5, 0.6) is 0 Å². The molecular formula is C28H29Cl2N7. The highest BCUT2D eigenvalue weighted by molar-refractivity contribution is 6.31. The number of aromatic nitrogens is 3. The van der Waals surface area contributed by atoms with Crippen molar-refractivity contribution in [1.82, 2.24) is 19.9 Å². The molecule has 0 aliphatic carbocycles. The van der Waals surface area contributed by atoms with Crippen molar-refractivity contribution in [2.75, 3.05) is 54.8 Å². The fraction of sp³-hybridized carbons (Fsp3) is 0.250. The second kappa shape index (κ2) is 12.2. The summed E-state index contributed by atoms with van der Waals surface area (Å²) in [5.74, 6) is 0.647. The molecule has 0 atom stereocenters. The van der Waals surface area contributed by atoms with Gasteiger partial charge in [-0.2, -0.15) is 0 Å². The molecule has 1 saturated heterocycles. The maximum absolute atomic E-state index is 6.15. The van der Waals surface area contributed by atoms with Crippen LogP contribution < -0.4 is 15.5 Å². The Morgan fingerprint density at radius 1 is 0.784 bits per heavy atom. The van der Waals surface area contributed by atoms with Crippen LogP contribution in [-0.2, 0) is 0 Å². The van der Waals surface area contributed by atoms with Crippen molar-refractivity contribution in [3.63, 3.8) is 0 Å². The monoisotopic (exact) mass is 533 g/mol. The number of pyridine rings is 1. The molecule has 1 fully saturated rings. The van der Waals surface area contributed by atoms with Gasteiger partial charge in [0.15, 0.2) is 0 Å². The molecule has 5 rings (SSSR count). The van der Waals surface area contributed by atoms with Crippen LogP contribution in [0.25, 0.3) is 11.3 Å². The first-order valence-corrected chi connectivity index (χ1v) is 13.1. The molecule has 4 aromatic rings. The topological polar surface area (TPSA) is 69.2 Å². The van der Waals surface area contributed by atoms with Crippen molar-refractivity contribution in [3.05, 3.63) is 89.4 Å². The predicted octanol–water partition coefficient (Wildman–Crippen LogP) is 6.21. The van der Waals surface area contributed by atoms with Gasteiger partial charge in [0.1, 0.15) is 5.82 Å². The minimum Gasteiger partial charge on any atom is -0.384 e. The van der Waals surface area contributed by atoms with E-state index in [-0.39, 0.29) is 0 Å². The minimum atomic E-state index is 0.647. The third-order valence-corrected chi connectivity index (χ3v) is 6.76. The van der Waals surface area contributed by atoms with Gasteiger partial charge in [-0.25, -0.2) is 4.98 Å². The molecule has 37 heavy (non-hydrogen) atoms. The fourth-order valence-corrected chi connectivity index (χ4v) is 4.77. The fourth-order valence-electron chi connectivity index (χ4n) is 4.39. The quantitative estimate of drug-likeness (QED) is 0.247. The molecule has 3 heterocycles.